The fraction of sp³-hybridized carbons (Fsp3) is 0.286. The van der Waals surface area contributed by atoms with Crippen LogP contribution >= 0.6 is 0 Å². The Morgan fingerprint density at radius 2 is 1.89 bits per heavy atom. The number of sulfonamides is 1. The Kier molecular flexibility index (Phi) is 5.48. The number of fused-ring (bicyclic) bond motifs is 1. The summed E-state index contributed by atoms with van der Waals surface area (Å²) in [7, 11) is -2.13. The Labute approximate surface area is 160 Å². The zero-order chi connectivity index (χ0) is 19.6. The van der Waals surface area contributed by atoms with E-state index in [1.165, 1.54) is 4.31 Å². The van der Waals surface area contributed by atoms with Crippen molar-refractivity contribution in [2.75, 3.05) is 13.7 Å². The van der Waals surface area contributed by atoms with Gasteiger partial charge < -0.3 is 4.74 Å². The van der Waals surface area contributed by atoms with Gasteiger partial charge in [-0.1, -0.05) is 31.2 Å². The molecule has 3 aromatic rings. The molecule has 3 rings (SSSR count). The number of aryl methyl sites for hydroxylation is 1. The third-order valence-electron chi connectivity index (χ3n) is 4.72. The van der Waals surface area contributed by atoms with Crippen LogP contribution in [0, 0.1) is 6.92 Å². The summed E-state index contributed by atoms with van der Waals surface area (Å²) in [4.78, 5) is 4.63. The monoisotopic (exact) mass is 384 g/mol. The lowest BCUT2D eigenvalue weighted by atomic mass is 10.1. The molecule has 6 heteroatoms. The van der Waals surface area contributed by atoms with Crippen molar-refractivity contribution in [1.82, 2.24) is 9.29 Å². The molecule has 0 bridgehead atoms. The van der Waals surface area contributed by atoms with E-state index in [0.29, 0.717) is 17.8 Å². The predicted octanol–water partition coefficient (Wildman–Crippen LogP) is 4.32. The number of para-hydroxylation sites is 1. The summed E-state index contributed by atoms with van der Waals surface area (Å²) in [6.45, 7) is 6.02. The highest BCUT2D eigenvalue weighted by Gasteiger charge is 2.30. The molecule has 1 aromatic heterocycles. The van der Waals surface area contributed by atoms with Gasteiger partial charge in [0.1, 0.15) is 10.6 Å². The minimum absolute atomic E-state index is 0.233. The maximum Gasteiger partial charge on any atom is 0.245 e. The van der Waals surface area contributed by atoms with E-state index in [2.05, 4.69) is 4.98 Å². The highest BCUT2D eigenvalue weighted by Crippen LogP contribution is 2.31. The quantitative estimate of drug-likeness (QED) is 0.635. The first-order chi connectivity index (χ1) is 12.9. The fourth-order valence-electron chi connectivity index (χ4n) is 3.30. The molecule has 0 N–H and O–H groups in total. The molecule has 1 unspecified atom stereocenters. The molecule has 0 aliphatic carbocycles. The molecule has 0 spiro atoms. The Bertz CT molecular complexity index is 1060. The topological polar surface area (TPSA) is 59.5 Å². The minimum atomic E-state index is -3.73. The summed E-state index contributed by atoms with van der Waals surface area (Å²) >= 11 is 0. The number of methoxy groups -OCH3 is 1. The van der Waals surface area contributed by atoms with E-state index in [-0.39, 0.29) is 10.9 Å². The first kappa shape index (κ1) is 19.3. The molecular formula is C21H24N2O3S. The maximum atomic E-state index is 13.5. The zero-order valence-electron chi connectivity index (χ0n) is 16.0. The Morgan fingerprint density at radius 1 is 1.15 bits per heavy atom. The lowest BCUT2D eigenvalue weighted by Crippen LogP contribution is -2.33. The van der Waals surface area contributed by atoms with Gasteiger partial charge in [-0.25, -0.2) is 8.42 Å². The number of pyridine rings is 1. The number of hydrogen-bond donors (Lipinski definition) is 0. The zero-order valence-corrected chi connectivity index (χ0v) is 16.8. The summed E-state index contributed by atoms with van der Waals surface area (Å²) in [5, 5.41) is 0.821. The third-order valence-corrected chi connectivity index (χ3v) is 6.79. The Hall–Kier alpha value is -2.44. The van der Waals surface area contributed by atoms with E-state index in [0.717, 1.165) is 16.5 Å². The van der Waals surface area contributed by atoms with Crippen molar-refractivity contribution in [1.29, 1.82) is 0 Å². The van der Waals surface area contributed by atoms with Gasteiger partial charge in [0, 0.05) is 24.2 Å². The number of nitrogens with zero attached hydrogens (tertiary/aromatic N) is 2. The van der Waals surface area contributed by atoms with Gasteiger partial charge in [0.25, 0.3) is 0 Å². The number of hydrogen-bond acceptors (Lipinski definition) is 4. The van der Waals surface area contributed by atoms with Crippen molar-refractivity contribution >= 4 is 20.9 Å². The highest BCUT2D eigenvalue weighted by molar-refractivity contribution is 7.89. The minimum Gasteiger partial charge on any atom is -0.497 e. The standard InChI is InChI=1S/C21H24N2O3S/c1-5-23(16(3)17-8-6-10-19(13-17)26-4)27(24,25)20-11-7-9-18-12-15(2)14-22-21(18)20/h6-14,16H,5H2,1-4H3. The predicted molar refractivity (Wildman–Crippen MR) is 107 cm³/mol. The van der Waals surface area contributed by atoms with E-state index >= 15 is 0 Å². The molecule has 5 nitrogen and oxygen atoms in total. The normalized spacial score (nSPS) is 13.1. The van der Waals surface area contributed by atoms with Gasteiger partial charge in [0.2, 0.25) is 10.0 Å². The Morgan fingerprint density at radius 3 is 2.59 bits per heavy atom. The molecule has 0 saturated carbocycles. The fourth-order valence-corrected chi connectivity index (χ4v) is 5.09. The summed E-state index contributed by atoms with van der Waals surface area (Å²) < 4.78 is 33.8. The summed E-state index contributed by atoms with van der Waals surface area (Å²) in [6.07, 6.45) is 1.70. The lowest BCUT2D eigenvalue weighted by Gasteiger charge is -2.28. The van der Waals surface area contributed by atoms with Crippen LogP contribution in [0.3, 0.4) is 0 Å². The van der Waals surface area contributed by atoms with Crippen molar-refractivity contribution in [2.24, 2.45) is 0 Å². The van der Waals surface area contributed by atoms with Crippen LogP contribution in [0.4, 0.5) is 0 Å². The third kappa shape index (κ3) is 3.68. The first-order valence-electron chi connectivity index (χ1n) is 8.89. The summed E-state index contributed by atoms with van der Waals surface area (Å²) in [5.74, 6) is 0.704. The average molecular weight is 385 g/mol. The van der Waals surface area contributed by atoms with Crippen LogP contribution in [-0.4, -0.2) is 31.4 Å². The van der Waals surface area contributed by atoms with Gasteiger partial charge >= 0.3 is 0 Å². The largest absolute Gasteiger partial charge is 0.497 e. The highest BCUT2D eigenvalue weighted by atomic mass is 32.2. The van der Waals surface area contributed by atoms with E-state index in [4.69, 9.17) is 4.74 Å². The van der Waals surface area contributed by atoms with Gasteiger partial charge in [-0.3, -0.25) is 4.98 Å². The number of ether oxygens (including phenoxy) is 1. The molecule has 27 heavy (non-hydrogen) atoms. The molecule has 1 atom stereocenters. The second kappa shape index (κ2) is 7.66. The molecule has 0 aliphatic rings. The van der Waals surface area contributed by atoms with Gasteiger partial charge in [0.05, 0.1) is 12.6 Å². The van der Waals surface area contributed by atoms with E-state index in [1.807, 2.05) is 57.2 Å². The molecule has 0 radical (unpaired) electrons. The van der Waals surface area contributed by atoms with Crippen LogP contribution in [0.15, 0.2) is 59.6 Å². The van der Waals surface area contributed by atoms with Crippen LogP contribution in [0.1, 0.15) is 31.0 Å². The van der Waals surface area contributed by atoms with Gasteiger partial charge in [-0.2, -0.15) is 4.31 Å². The molecule has 0 amide bonds. The van der Waals surface area contributed by atoms with E-state index in [1.54, 1.807) is 25.4 Å². The van der Waals surface area contributed by atoms with Crippen molar-refractivity contribution in [2.45, 2.75) is 31.7 Å². The smallest absolute Gasteiger partial charge is 0.245 e. The molecule has 0 fully saturated rings. The number of aromatic nitrogens is 1. The molecule has 0 aliphatic heterocycles. The molecular weight excluding hydrogens is 360 g/mol. The molecule has 0 saturated heterocycles. The van der Waals surface area contributed by atoms with Crippen LogP contribution in [0.5, 0.6) is 5.75 Å². The van der Waals surface area contributed by atoms with Gasteiger partial charge in [-0.15, -0.1) is 0 Å². The van der Waals surface area contributed by atoms with Crippen LogP contribution in [-0.2, 0) is 10.0 Å². The lowest BCUT2D eigenvalue weighted by molar-refractivity contribution is 0.355. The van der Waals surface area contributed by atoms with Crippen LogP contribution < -0.4 is 4.74 Å². The second-order valence-corrected chi connectivity index (χ2v) is 8.36. The second-order valence-electron chi connectivity index (χ2n) is 6.50. The summed E-state index contributed by atoms with van der Waals surface area (Å²) in [6, 6.07) is 14.4. The average Bonchev–Trinajstić information content (AvgIpc) is 2.67. The van der Waals surface area contributed by atoms with Crippen molar-refractivity contribution in [3.8, 4) is 5.75 Å². The SMILES string of the molecule is CCN(C(C)c1cccc(OC)c1)S(=O)(=O)c1cccc2cc(C)cnc12. The molecule has 1 heterocycles. The van der Waals surface area contributed by atoms with E-state index in [9.17, 15) is 8.42 Å². The van der Waals surface area contributed by atoms with Gasteiger partial charge in [-0.05, 0) is 49.2 Å². The number of rotatable bonds is 6. The van der Waals surface area contributed by atoms with Gasteiger partial charge in [0.15, 0.2) is 0 Å². The molecule has 2 aromatic carbocycles. The Balaban J connectivity index is 2.09. The van der Waals surface area contributed by atoms with Crippen molar-refractivity contribution in [3.05, 3.63) is 65.9 Å². The van der Waals surface area contributed by atoms with Crippen LogP contribution in [0.2, 0.25) is 0 Å². The maximum absolute atomic E-state index is 13.5. The van der Waals surface area contributed by atoms with Crippen molar-refractivity contribution < 1.29 is 13.2 Å². The van der Waals surface area contributed by atoms with Crippen molar-refractivity contribution in [3.63, 3.8) is 0 Å². The number of benzene rings is 2. The first-order valence-corrected chi connectivity index (χ1v) is 10.3. The van der Waals surface area contributed by atoms with E-state index < -0.39 is 10.0 Å². The van der Waals surface area contributed by atoms with Crippen LogP contribution in [0.25, 0.3) is 10.9 Å². The summed E-state index contributed by atoms with van der Waals surface area (Å²) in [5.41, 5.74) is 2.37. The molecule has 142 valence electrons.